The Hall–Kier alpha value is -0.970. The average molecular weight is 285 g/mol. The summed E-state index contributed by atoms with van der Waals surface area (Å²) in [6.45, 7) is 4.46. The first kappa shape index (κ1) is 13.5. The first-order valence-electron chi connectivity index (χ1n) is 5.58. The summed E-state index contributed by atoms with van der Waals surface area (Å²) >= 11 is 7.33. The summed E-state index contributed by atoms with van der Waals surface area (Å²) in [6, 6.07) is 5.03. The van der Waals surface area contributed by atoms with E-state index >= 15 is 0 Å². The number of hydrogen-bond donors (Lipinski definition) is 1. The Balaban J connectivity index is 2.10. The highest BCUT2D eigenvalue weighted by Crippen LogP contribution is 2.24. The van der Waals surface area contributed by atoms with Crippen molar-refractivity contribution in [3.05, 3.63) is 51.2 Å². The number of rotatable bonds is 4. The zero-order chi connectivity index (χ0) is 13.2. The minimum Gasteiger partial charge on any atom is -0.302 e. The third-order valence-corrected chi connectivity index (χ3v) is 4.11. The molecule has 1 aromatic carbocycles. The van der Waals surface area contributed by atoms with Crippen molar-refractivity contribution in [3.63, 3.8) is 0 Å². The normalized spacial score (nSPS) is 11.8. The van der Waals surface area contributed by atoms with Gasteiger partial charge in [-0.25, -0.2) is 9.37 Å². The lowest BCUT2D eigenvalue weighted by molar-refractivity contribution is 0.395. The fourth-order valence-electron chi connectivity index (χ4n) is 1.61. The molecule has 1 aromatic heterocycles. The van der Waals surface area contributed by atoms with Gasteiger partial charge in [0.1, 0.15) is 10.8 Å². The van der Waals surface area contributed by atoms with Crippen LogP contribution in [0.2, 0.25) is 5.02 Å². The topological polar surface area (TPSA) is 24.9 Å². The van der Waals surface area contributed by atoms with Crippen molar-refractivity contribution in [2.75, 3.05) is 0 Å². The molecule has 2 nitrogen and oxygen atoms in total. The number of benzene rings is 1. The molecule has 2 aromatic rings. The number of nitrogens with zero attached hydrogens (tertiary/aromatic N) is 1. The largest absolute Gasteiger partial charge is 0.302 e. The summed E-state index contributed by atoms with van der Waals surface area (Å²) in [5.74, 6) is -0.360. The average Bonchev–Trinajstić information content (AvgIpc) is 2.85. The Labute approximate surface area is 115 Å². The van der Waals surface area contributed by atoms with Gasteiger partial charge in [-0.3, -0.25) is 0 Å². The minimum atomic E-state index is -0.360. The molecule has 96 valence electrons. The highest BCUT2D eigenvalue weighted by atomic mass is 35.5. The smallest absolute Gasteiger partial charge is 0.146 e. The summed E-state index contributed by atoms with van der Waals surface area (Å²) in [5, 5.41) is 6.36. The molecule has 0 unspecified atom stereocenters. The van der Waals surface area contributed by atoms with Crippen molar-refractivity contribution in [2.45, 2.75) is 25.9 Å². The number of nitrogens with one attached hydrogen (secondary N) is 1. The van der Waals surface area contributed by atoms with Crippen LogP contribution < -0.4 is 5.32 Å². The molecule has 0 atom stereocenters. The van der Waals surface area contributed by atoms with E-state index in [2.05, 4.69) is 10.3 Å². The molecule has 1 heterocycles. The maximum Gasteiger partial charge on any atom is 0.146 e. The van der Waals surface area contributed by atoms with E-state index in [1.807, 2.05) is 19.2 Å². The van der Waals surface area contributed by atoms with Crippen LogP contribution in [-0.2, 0) is 12.1 Å². The molecule has 5 heteroatoms. The number of halogens is 2. The Bertz CT molecular complexity index is 526. The van der Waals surface area contributed by atoms with Crippen molar-refractivity contribution in [2.24, 2.45) is 0 Å². The zero-order valence-electron chi connectivity index (χ0n) is 10.2. The second-order valence-corrected chi connectivity index (χ2v) is 5.83. The van der Waals surface area contributed by atoms with Crippen LogP contribution in [0.3, 0.4) is 0 Å². The van der Waals surface area contributed by atoms with E-state index < -0.39 is 0 Å². The molecule has 0 radical (unpaired) electrons. The molecule has 0 fully saturated rings. The molecular formula is C13H14ClFN2S. The minimum absolute atomic E-state index is 0.154. The predicted octanol–water partition coefficient (Wildman–Crippen LogP) is 3.96. The molecule has 0 amide bonds. The summed E-state index contributed by atoms with van der Waals surface area (Å²) in [6.07, 6.45) is 1.77. The van der Waals surface area contributed by atoms with Gasteiger partial charge < -0.3 is 5.32 Å². The van der Waals surface area contributed by atoms with Gasteiger partial charge in [0.05, 0.1) is 10.6 Å². The van der Waals surface area contributed by atoms with E-state index in [-0.39, 0.29) is 16.4 Å². The van der Waals surface area contributed by atoms with Crippen molar-refractivity contribution >= 4 is 22.9 Å². The molecule has 18 heavy (non-hydrogen) atoms. The van der Waals surface area contributed by atoms with Crippen molar-refractivity contribution in [1.29, 1.82) is 0 Å². The maximum absolute atomic E-state index is 13.7. The molecule has 0 aliphatic carbocycles. The van der Waals surface area contributed by atoms with Crippen LogP contribution in [0.25, 0.3) is 0 Å². The quantitative estimate of drug-likeness (QED) is 0.919. The van der Waals surface area contributed by atoms with Crippen LogP contribution in [-0.4, -0.2) is 4.98 Å². The SMILES string of the molecule is CC(C)(NCc1cccc(Cl)c1F)c1nccs1. The monoisotopic (exact) mass is 284 g/mol. The summed E-state index contributed by atoms with van der Waals surface area (Å²) in [4.78, 5) is 4.28. The second kappa shape index (κ2) is 5.34. The van der Waals surface area contributed by atoms with Crippen molar-refractivity contribution in [3.8, 4) is 0 Å². The van der Waals surface area contributed by atoms with Gasteiger partial charge in [0.15, 0.2) is 0 Å². The van der Waals surface area contributed by atoms with Crippen LogP contribution >= 0.6 is 22.9 Å². The molecule has 0 spiro atoms. The predicted molar refractivity (Wildman–Crippen MR) is 73.4 cm³/mol. The van der Waals surface area contributed by atoms with Gasteiger partial charge in [0.25, 0.3) is 0 Å². The Morgan fingerprint density at radius 2 is 2.22 bits per heavy atom. The van der Waals surface area contributed by atoms with Crippen LogP contribution in [0.15, 0.2) is 29.8 Å². The van der Waals surface area contributed by atoms with E-state index in [0.29, 0.717) is 12.1 Å². The third kappa shape index (κ3) is 2.88. The standard InChI is InChI=1S/C13H14ClFN2S/c1-13(2,12-16-6-7-18-12)17-8-9-4-3-5-10(14)11(9)15/h3-7,17H,8H2,1-2H3. The molecule has 0 saturated heterocycles. The lowest BCUT2D eigenvalue weighted by Gasteiger charge is -2.24. The lowest BCUT2D eigenvalue weighted by atomic mass is 10.1. The molecule has 2 rings (SSSR count). The van der Waals surface area contributed by atoms with Crippen LogP contribution in [0.4, 0.5) is 4.39 Å². The lowest BCUT2D eigenvalue weighted by Crippen LogP contribution is -2.36. The second-order valence-electron chi connectivity index (χ2n) is 4.53. The number of aromatic nitrogens is 1. The van der Waals surface area contributed by atoms with Gasteiger partial charge in [0.2, 0.25) is 0 Å². The van der Waals surface area contributed by atoms with Crippen LogP contribution in [0.1, 0.15) is 24.4 Å². The molecular weight excluding hydrogens is 271 g/mol. The maximum atomic E-state index is 13.7. The van der Waals surface area contributed by atoms with E-state index in [9.17, 15) is 4.39 Å². The highest BCUT2D eigenvalue weighted by Gasteiger charge is 2.22. The van der Waals surface area contributed by atoms with Gasteiger partial charge in [-0.1, -0.05) is 23.7 Å². The summed E-state index contributed by atoms with van der Waals surface area (Å²) < 4.78 is 13.7. The first-order valence-corrected chi connectivity index (χ1v) is 6.84. The van der Waals surface area contributed by atoms with Crippen molar-refractivity contribution in [1.82, 2.24) is 10.3 Å². The highest BCUT2D eigenvalue weighted by molar-refractivity contribution is 7.09. The zero-order valence-corrected chi connectivity index (χ0v) is 11.8. The van der Waals surface area contributed by atoms with E-state index in [4.69, 9.17) is 11.6 Å². The summed E-state index contributed by atoms with van der Waals surface area (Å²) in [7, 11) is 0. The van der Waals surface area contributed by atoms with E-state index in [0.717, 1.165) is 5.01 Å². The first-order chi connectivity index (χ1) is 8.50. The molecule has 0 aliphatic heterocycles. The fourth-order valence-corrected chi connectivity index (χ4v) is 2.54. The molecule has 0 saturated carbocycles. The van der Waals surface area contributed by atoms with Gasteiger partial charge >= 0.3 is 0 Å². The Morgan fingerprint density at radius 1 is 1.44 bits per heavy atom. The molecule has 0 aliphatic rings. The molecule has 0 bridgehead atoms. The third-order valence-electron chi connectivity index (χ3n) is 2.72. The van der Waals surface area contributed by atoms with Crippen LogP contribution in [0, 0.1) is 5.82 Å². The Morgan fingerprint density at radius 3 is 2.89 bits per heavy atom. The number of hydrogen-bond acceptors (Lipinski definition) is 3. The van der Waals surface area contributed by atoms with Gasteiger partial charge in [-0.2, -0.15) is 0 Å². The van der Waals surface area contributed by atoms with E-state index in [1.165, 1.54) is 0 Å². The van der Waals surface area contributed by atoms with Crippen molar-refractivity contribution < 1.29 is 4.39 Å². The number of thiazole rings is 1. The van der Waals surface area contributed by atoms with Gasteiger partial charge in [-0.05, 0) is 19.9 Å². The molecule has 1 N–H and O–H groups in total. The fraction of sp³-hybridized carbons (Fsp3) is 0.308. The van der Waals surface area contributed by atoms with Crippen LogP contribution in [0.5, 0.6) is 0 Å². The van der Waals surface area contributed by atoms with Gasteiger partial charge in [0, 0.05) is 23.7 Å². The Kier molecular flexibility index (Phi) is 4.00. The summed E-state index contributed by atoms with van der Waals surface area (Å²) in [5.41, 5.74) is 0.273. The van der Waals surface area contributed by atoms with E-state index in [1.54, 1.807) is 35.7 Å². The van der Waals surface area contributed by atoms with Gasteiger partial charge in [-0.15, -0.1) is 11.3 Å².